The van der Waals surface area contributed by atoms with Gasteiger partial charge in [-0.05, 0) is 25.7 Å². The molecule has 0 saturated carbocycles. The van der Waals surface area contributed by atoms with Gasteiger partial charge in [-0.2, -0.15) is 0 Å². The van der Waals surface area contributed by atoms with Crippen LogP contribution >= 0.6 is 15.2 Å². The van der Waals surface area contributed by atoms with E-state index < -0.39 is 25.8 Å². The Bertz CT molecular complexity index is 2160. The fraction of sp³-hybridized carbons (Fsp3) is 1.00. The fourth-order valence-corrected chi connectivity index (χ4v) is 18.4. The first-order valence-electron chi connectivity index (χ1n) is 52.6. The predicted octanol–water partition coefficient (Wildman–Crippen LogP) is 18.3. The summed E-state index contributed by atoms with van der Waals surface area (Å²) in [5, 5.41) is -3.55. The number of rotatable bonds is 120. The zero-order valence-corrected chi connectivity index (χ0v) is 86.6. The molecule has 4 N–H and O–H groups in total. The van der Waals surface area contributed by atoms with Crippen molar-refractivity contribution >= 4 is 15.2 Å². The van der Waals surface area contributed by atoms with Gasteiger partial charge in [0.15, 0.2) is 0 Å². The van der Waals surface area contributed by atoms with E-state index in [1.54, 1.807) is 12.0 Å². The first-order valence-corrected chi connectivity index (χ1v) is 55.8. The van der Waals surface area contributed by atoms with Crippen molar-refractivity contribution in [2.75, 3.05) is 324 Å². The minimum atomic E-state index is -5.08. The Morgan fingerprint density at radius 1 is 0.167 bits per heavy atom. The van der Waals surface area contributed by atoms with Crippen LogP contribution in [0.4, 0.5) is 0 Å². The van der Waals surface area contributed by atoms with Crippen molar-refractivity contribution in [3.63, 3.8) is 0 Å². The summed E-state index contributed by atoms with van der Waals surface area (Å²) in [6.07, 6.45) is 43.6. The van der Waals surface area contributed by atoms with Crippen molar-refractivity contribution in [1.82, 2.24) is 4.90 Å². The number of unbranched alkanes of at least 4 members (excludes halogenated alkanes) is 36. The first-order chi connectivity index (χ1) is 64.9. The van der Waals surface area contributed by atoms with Gasteiger partial charge in [-0.1, -0.05) is 285 Å². The standard InChI is InChI=1S/C99H203NO30P2/c1-6-10-14-18-22-26-30-34-38-42-46-98(131(101,102)103,47-43-39-35-31-27-23-19-15-11-7-2)100(99(132(104,105)106,48-44-40-36-32-28-24-20-16-12-8-3)49-45-41-37-33-29-25-21-17-13-9-4)50-51-108-54-55-110-58-59-112-62-63-114-66-67-116-70-71-118-74-75-120-78-79-122-82-83-124-86-87-126-90-91-128-94-95-130-97-96-129-93-92-127-89-88-125-85-84-123-81-80-121-77-76-119-73-72-117-69-68-115-65-64-113-61-60-111-57-56-109-53-52-107-5/h6-97H2,1-5H3,(H2,101,102,103)(H2,104,105,106). The number of nitrogens with zero attached hydrogens (tertiary/aromatic N) is 1. The molecule has 0 radical (unpaired) electrons. The summed E-state index contributed by atoms with van der Waals surface area (Å²) >= 11 is 0. The van der Waals surface area contributed by atoms with E-state index in [9.17, 15) is 28.7 Å². The van der Waals surface area contributed by atoms with Crippen molar-refractivity contribution in [3.8, 4) is 0 Å². The average molecular weight is 1950 g/mol. The van der Waals surface area contributed by atoms with Crippen LogP contribution in [-0.2, 0) is 123 Å². The van der Waals surface area contributed by atoms with Crippen LogP contribution in [0.1, 0.15) is 310 Å². The summed E-state index contributed by atoms with van der Waals surface area (Å²) in [7, 11) is -8.52. The Kier molecular flexibility index (Phi) is 107. The molecule has 0 aliphatic carbocycles. The number of hydrogen-bond acceptors (Lipinski definition) is 27. The SMILES string of the molecule is CCCCCCCCCCCCC(CCCCCCCCCCCC)(N(CCOCCOCCOCCOCCOCCOCCOCCOCCOCCOCCOCCOCCOCCOCCOCCOCCOCCOCCOCCOCCOCCOCCOCCOC)C(CCCCCCCCCCCC)(CCCCCCCCCCCC)P(=O)(O)O)P(=O)(O)O. The third-order valence-corrected chi connectivity index (χ3v) is 26.4. The Labute approximate surface area is 803 Å². The predicted molar refractivity (Wildman–Crippen MR) is 523 cm³/mol. The lowest BCUT2D eigenvalue weighted by molar-refractivity contribution is -0.0326. The smallest absolute Gasteiger partial charge is 0.345 e. The van der Waals surface area contributed by atoms with E-state index in [-0.39, 0.29) is 52.0 Å². The van der Waals surface area contributed by atoms with E-state index in [1.807, 2.05) is 0 Å². The van der Waals surface area contributed by atoms with Crippen LogP contribution in [0.15, 0.2) is 0 Å². The third kappa shape index (κ3) is 89.4. The highest BCUT2D eigenvalue weighted by atomic mass is 31.2. The van der Waals surface area contributed by atoms with Gasteiger partial charge in [0.1, 0.15) is 10.6 Å². The molecule has 0 spiro atoms. The van der Waals surface area contributed by atoms with Gasteiger partial charge in [0, 0.05) is 13.7 Å². The molecule has 0 aliphatic heterocycles. The highest BCUT2D eigenvalue weighted by Crippen LogP contribution is 2.67. The molecule has 31 nitrogen and oxygen atoms in total. The molecule has 0 aromatic heterocycles. The Morgan fingerprint density at radius 2 is 0.273 bits per heavy atom. The molecule has 132 heavy (non-hydrogen) atoms. The zero-order chi connectivity index (χ0) is 95.6. The Balaban J connectivity index is 4.45. The van der Waals surface area contributed by atoms with E-state index in [0.29, 0.717) is 316 Å². The molecule has 0 rings (SSSR count). The van der Waals surface area contributed by atoms with Crippen LogP contribution in [0.25, 0.3) is 0 Å². The van der Waals surface area contributed by atoms with E-state index >= 15 is 0 Å². The van der Waals surface area contributed by atoms with Crippen LogP contribution in [0.2, 0.25) is 0 Å². The largest absolute Gasteiger partial charge is 0.382 e. The maximum Gasteiger partial charge on any atom is 0.345 e. The van der Waals surface area contributed by atoms with Gasteiger partial charge < -0.3 is 133 Å². The molecule has 0 saturated heterocycles. The maximum absolute atomic E-state index is 15.0. The lowest BCUT2D eigenvalue weighted by atomic mass is 9.92. The minimum absolute atomic E-state index is 0.00809. The van der Waals surface area contributed by atoms with Crippen LogP contribution in [0.3, 0.4) is 0 Å². The van der Waals surface area contributed by atoms with Gasteiger partial charge in [-0.3, -0.25) is 14.0 Å². The molecular formula is C99H203NO30P2. The molecule has 0 bridgehead atoms. The lowest BCUT2D eigenvalue weighted by Gasteiger charge is -2.54. The molecule has 33 heteroatoms. The summed E-state index contributed by atoms with van der Waals surface area (Å²) < 4.78 is 164. The van der Waals surface area contributed by atoms with Gasteiger partial charge in [0.05, 0.1) is 311 Å². The topological polar surface area (TPSA) is 340 Å². The number of hydrogen-bond donors (Lipinski definition) is 4. The van der Waals surface area contributed by atoms with Crippen molar-refractivity contribution in [1.29, 1.82) is 0 Å². The van der Waals surface area contributed by atoms with Crippen molar-refractivity contribution < 1.29 is 142 Å². The first kappa shape index (κ1) is 131. The van der Waals surface area contributed by atoms with E-state index in [4.69, 9.17) is 114 Å². The van der Waals surface area contributed by atoms with Crippen molar-refractivity contribution in [2.45, 2.75) is 321 Å². The van der Waals surface area contributed by atoms with Gasteiger partial charge in [-0.15, -0.1) is 0 Å². The maximum atomic E-state index is 15.0. The van der Waals surface area contributed by atoms with Crippen LogP contribution < -0.4 is 0 Å². The Morgan fingerprint density at radius 3 is 0.386 bits per heavy atom. The summed E-state index contributed by atoms with van der Waals surface area (Å²) in [4.78, 5) is 50.5. The molecule has 0 amide bonds. The van der Waals surface area contributed by atoms with Crippen LogP contribution in [0, 0.1) is 0 Å². The molecule has 794 valence electrons. The van der Waals surface area contributed by atoms with Gasteiger partial charge in [0.2, 0.25) is 0 Å². The molecule has 0 heterocycles. The molecule has 0 unspecified atom stereocenters. The molecule has 0 aromatic carbocycles. The highest BCUT2D eigenvalue weighted by molar-refractivity contribution is 7.54. The monoisotopic (exact) mass is 1950 g/mol. The number of ether oxygens (including phenoxy) is 24. The molecule has 0 aliphatic rings. The second-order valence-corrected chi connectivity index (χ2v) is 37.9. The summed E-state index contributed by atoms with van der Waals surface area (Å²) in [6.45, 7) is 30.2. The van der Waals surface area contributed by atoms with Crippen LogP contribution in [0.5, 0.6) is 0 Å². The van der Waals surface area contributed by atoms with Gasteiger partial charge in [-0.25, -0.2) is 0 Å². The third-order valence-electron chi connectivity index (χ3n) is 22.9. The van der Waals surface area contributed by atoms with Crippen molar-refractivity contribution in [3.05, 3.63) is 0 Å². The average Bonchev–Trinajstić information content (AvgIpc) is 0.725. The summed E-state index contributed by atoms with van der Waals surface area (Å²) in [5.74, 6) is 0. The van der Waals surface area contributed by atoms with Gasteiger partial charge >= 0.3 is 15.2 Å². The summed E-state index contributed by atoms with van der Waals surface area (Å²) in [6, 6.07) is 0. The van der Waals surface area contributed by atoms with E-state index in [0.717, 1.165) is 103 Å². The quantitative estimate of drug-likeness (QED) is 0.0325. The van der Waals surface area contributed by atoms with Crippen LogP contribution in [-0.4, -0.2) is 359 Å². The summed E-state index contributed by atoms with van der Waals surface area (Å²) in [5.41, 5.74) is 0. The van der Waals surface area contributed by atoms with Gasteiger partial charge in [0.25, 0.3) is 0 Å². The highest BCUT2D eigenvalue weighted by Gasteiger charge is 2.62. The van der Waals surface area contributed by atoms with E-state index in [1.165, 1.54) is 128 Å². The normalized spacial score (nSPS) is 12.4. The Hall–Kier alpha value is -0.700. The minimum Gasteiger partial charge on any atom is -0.382 e. The molecular weight excluding hydrogens is 1750 g/mol. The molecule has 0 atom stereocenters. The zero-order valence-electron chi connectivity index (χ0n) is 84.8. The fourth-order valence-electron chi connectivity index (χ4n) is 15.3. The molecule has 0 aromatic rings. The van der Waals surface area contributed by atoms with Crippen molar-refractivity contribution in [2.24, 2.45) is 0 Å². The number of methoxy groups -OCH3 is 1. The lowest BCUT2D eigenvalue weighted by Crippen LogP contribution is -2.61. The van der Waals surface area contributed by atoms with E-state index in [2.05, 4.69) is 27.7 Å². The second-order valence-electron chi connectivity index (χ2n) is 34.0. The molecule has 0 fully saturated rings. The second kappa shape index (κ2) is 108.